The van der Waals surface area contributed by atoms with Crippen LogP contribution >= 0.6 is 0 Å². The Balaban J connectivity index is 1.98. The minimum Gasteiger partial charge on any atom is -0.371 e. The van der Waals surface area contributed by atoms with E-state index in [1.165, 1.54) is 23.2 Å². The highest BCUT2D eigenvalue weighted by Gasteiger charge is 2.39. The van der Waals surface area contributed by atoms with Gasteiger partial charge in [0.1, 0.15) is 0 Å². The largest absolute Gasteiger partial charge is 0.371 e. The molecule has 2 aliphatic rings. The van der Waals surface area contributed by atoms with Crippen molar-refractivity contribution in [3.8, 4) is 6.07 Å². The summed E-state index contributed by atoms with van der Waals surface area (Å²) in [5, 5.41) is 9.38. The smallest absolute Gasteiger partial charge is 0.0822 e. The van der Waals surface area contributed by atoms with Gasteiger partial charge in [-0.3, -0.25) is 0 Å². The van der Waals surface area contributed by atoms with Crippen molar-refractivity contribution in [2.45, 2.75) is 38.0 Å². The maximum Gasteiger partial charge on any atom is 0.0822 e. The first-order valence-corrected chi connectivity index (χ1v) is 6.59. The van der Waals surface area contributed by atoms with Crippen molar-refractivity contribution in [2.75, 3.05) is 18.0 Å². The minimum atomic E-state index is -0.158. The summed E-state index contributed by atoms with van der Waals surface area (Å²) in [5.74, 6) is 0. The lowest BCUT2D eigenvalue weighted by atomic mass is 9.65. The van der Waals surface area contributed by atoms with Crippen LogP contribution in [0.4, 0.5) is 5.69 Å². The molecule has 0 radical (unpaired) electrons. The lowest BCUT2D eigenvalue weighted by Crippen LogP contribution is -2.32. The lowest BCUT2D eigenvalue weighted by molar-refractivity contribution is 0.324. The lowest BCUT2D eigenvalue weighted by Gasteiger charge is -2.36. The van der Waals surface area contributed by atoms with Crippen molar-refractivity contribution in [2.24, 2.45) is 0 Å². The molecule has 1 aliphatic heterocycles. The van der Waals surface area contributed by atoms with E-state index in [4.69, 9.17) is 0 Å². The SMILES string of the molecule is CCN1CCc2cc(C3(C#N)CCC3)ccc21. The molecule has 1 heterocycles. The predicted octanol–water partition coefficient (Wildman–Crippen LogP) is 3.01. The Morgan fingerprint density at radius 3 is 2.82 bits per heavy atom. The van der Waals surface area contributed by atoms with Crippen LogP contribution in [0.5, 0.6) is 0 Å². The second kappa shape index (κ2) is 3.77. The van der Waals surface area contributed by atoms with Crippen LogP contribution in [-0.4, -0.2) is 13.1 Å². The molecule has 1 aromatic rings. The summed E-state index contributed by atoms with van der Waals surface area (Å²) in [7, 11) is 0. The summed E-state index contributed by atoms with van der Waals surface area (Å²) in [5.41, 5.74) is 3.91. The number of fused-ring (bicyclic) bond motifs is 1. The zero-order valence-corrected chi connectivity index (χ0v) is 10.4. The summed E-state index contributed by atoms with van der Waals surface area (Å²) >= 11 is 0. The Kier molecular flexibility index (Phi) is 2.36. The molecule has 2 nitrogen and oxygen atoms in total. The molecule has 0 saturated heterocycles. The Morgan fingerprint density at radius 2 is 2.24 bits per heavy atom. The van der Waals surface area contributed by atoms with E-state index < -0.39 is 0 Å². The van der Waals surface area contributed by atoms with Gasteiger partial charge in [0.2, 0.25) is 0 Å². The minimum absolute atomic E-state index is 0.158. The molecule has 0 spiro atoms. The van der Waals surface area contributed by atoms with E-state index in [0.29, 0.717) is 0 Å². The van der Waals surface area contributed by atoms with Crippen molar-refractivity contribution in [3.05, 3.63) is 29.3 Å². The molecule has 0 N–H and O–H groups in total. The normalized spacial score (nSPS) is 20.6. The van der Waals surface area contributed by atoms with Gasteiger partial charge in [-0.05, 0) is 49.8 Å². The second-order valence-electron chi connectivity index (χ2n) is 5.22. The molecule has 1 saturated carbocycles. The molecule has 0 atom stereocenters. The van der Waals surface area contributed by atoms with Gasteiger partial charge < -0.3 is 4.90 Å². The molecule has 88 valence electrons. The molecule has 1 fully saturated rings. The summed E-state index contributed by atoms with van der Waals surface area (Å²) < 4.78 is 0. The van der Waals surface area contributed by atoms with Gasteiger partial charge in [-0.1, -0.05) is 12.1 Å². The number of likely N-dealkylation sites (N-methyl/N-ethyl adjacent to an activating group) is 1. The van der Waals surface area contributed by atoms with E-state index in [1.807, 2.05) is 0 Å². The highest BCUT2D eigenvalue weighted by Crippen LogP contribution is 2.44. The van der Waals surface area contributed by atoms with E-state index in [2.05, 4.69) is 36.1 Å². The number of anilines is 1. The molecule has 0 aromatic heterocycles. The molecule has 0 unspecified atom stereocenters. The highest BCUT2D eigenvalue weighted by atomic mass is 15.1. The fourth-order valence-electron chi connectivity index (χ4n) is 3.09. The van der Waals surface area contributed by atoms with E-state index in [1.54, 1.807) is 0 Å². The molecular weight excluding hydrogens is 208 g/mol. The highest BCUT2D eigenvalue weighted by molar-refractivity contribution is 5.60. The van der Waals surface area contributed by atoms with Gasteiger partial charge in [0, 0.05) is 18.8 Å². The van der Waals surface area contributed by atoms with E-state index in [0.717, 1.165) is 32.4 Å². The summed E-state index contributed by atoms with van der Waals surface area (Å²) in [6, 6.07) is 9.22. The first kappa shape index (κ1) is 10.7. The monoisotopic (exact) mass is 226 g/mol. The van der Waals surface area contributed by atoms with Crippen molar-refractivity contribution in [1.82, 2.24) is 0 Å². The van der Waals surface area contributed by atoms with Crippen molar-refractivity contribution in [3.63, 3.8) is 0 Å². The number of nitriles is 1. The zero-order valence-electron chi connectivity index (χ0n) is 10.4. The van der Waals surface area contributed by atoms with Crippen molar-refractivity contribution >= 4 is 5.69 Å². The number of rotatable bonds is 2. The van der Waals surface area contributed by atoms with E-state index in [9.17, 15) is 5.26 Å². The van der Waals surface area contributed by atoms with Gasteiger partial charge in [-0.25, -0.2) is 0 Å². The van der Waals surface area contributed by atoms with Crippen LogP contribution in [0, 0.1) is 11.3 Å². The van der Waals surface area contributed by atoms with E-state index >= 15 is 0 Å². The van der Waals surface area contributed by atoms with Crippen LogP contribution in [0.1, 0.15) is 37.3 Å². The molecule has 0 amide bonds. The third-order valence-electron chi connectivity index (χ3n) is 4.43. The summed E-state index contributed by atoms with van der Waals surface area (Å²) in [6.45, 7) is 4.41. The number of benzene rings is 1. The van der Waals surface area contributed by atoms with Gasteiger partial charge in [0.25, 0.3) is 0 Å². The van der Waals surface area contributed by atoms with E-state index in [-0.39, 0.29) is 5.41 Å². The molecule has 2 heteroatoms. The topological polar surface area (TPSA) is 27.0 Å². The Hall–Kier alpha value is -1.49. The second-order valence-corrected chi connectivity index (χ2v) is 5.22. The number of nitrogens with zero attached hydrogens (tertiary/aromatic N) is 2. The third kappa shape index (κ3) is 1.45. The summed E-state index contributed by atoms with van der Waals surface area (Å²) in [6.07, 6.45) is 4.42. The standard InChI is InChI=1S/C15H18N2/c1-2-17-9-6-12-10-13(4-5-14(12)17)15(11-16)7-3-8-15/h4-5,10H,2-3,6-9H2,1H3. The molecule has 1 aliphatic carbocycles. The maximum absolute atomic E-state index is 9.38. The van der Waals surface area contributed by atoms with Crippen LogP contribution in [0.25, 0.3) is 0 Å². The number of hydrogen-bond donors (Lipinski definition) is 0. The van der Waals surface area contributed by atoms with Crippen LogP contribution in [-0.2, 0) is 11.8 Å². The molecular formula is C15H18N2. The maximum atomic E-state index is 9.38. The fraction of sp³-hybridized carbons (Fsp3) is 0.533. The van der Waals surface area contributed by atoms with Gasteiger partial charge in [0.15, 0.2) is 0 Å². The Labute approximate surface area is 103 Å². The van der Waals surface area contributed by atoms with Gasteiger partial charge in [-0.15, -0.1) is 0 Å². The molecule has 0 bridgehead atoms. The van der Waals surface area contributed by atoms with Crippen LogP contribution in [0.15, 0.2) is 18.2 Å². The van der Waals surface area contributed by atoms with Gasteiger partial charge in [-0.2, -0.15) is 5.26 Å². The third-order valence-corrected chi connectivity index (χ3v) is 4.43. The van der Waals surface area contributed by atoms with Gasteiger partial charge >= 0.3 is 0 Å². The first-order chi connectivity index (χ1) is 8.29. The fourth-order valence-corrected chi connectivity index (χ4v) is 3.09. The number of hydrogen-bond acceptors (Lipinski definition) is 2. The molecule has 1 aromatic carbocycles. The zero-order chi connectivity index (χ0) is 11.9. The predicted molar refractivity (Wildman–Crippen MR) is 69.2 cm³/mol. The molecule has 3 rings (SSSR count). The Morgan fingerprint density at radius 1 is 1.41 bits per heavy atom. The van der Waals surface area contributed by atoms with Gasteiger partial charge in [0.05, 0.1) is 11.5 Å². The average molecular weight is 226 g/mol. The van der Waals surface area contributed by atoms with Crippen LogP contribution in [0.3, 0.4) is 0 Å². The van der Waals surface area contributed by atoms with Crippen molar-refractivity contribution in [1.29, 1.82) is 5.26 Å². The summed E-state index contributed by atoms with van der Waals surface area (Å²) in [4.78, 5) is 2.42. The van der Waals surface area contributed by atoms with Crippen LogP contribution in [0.2, 0.25) is 0 Å². The average Bonchev–Trinajstić information content (AvgIpc) is 2.70. The van der Waals surface area contributed by atoms with Crippen LogP contribution < -0.4 is 4.90 Å². The Bertz CT molecular complexity index is 480. The first-order valence-electron chi connectivity index (χ1n) is 6.59. The molecule has 17 heavy (non-hydrogen) atoms. The quantitative estimate of drug-likeness (QED) is 0.775. The van der Waals surface area contributed by atoms with Crippen molar-refractivity contribution < 1.29 is 0 Å².